The number of carbonyl (C=O) groups excluding carboxylic acids is 3. The highest BCUT2D eigenvalue weighted by molar-refractivity contribution is 6.07. The maximum atomic E-state index is 13.4. The van der Waals surface area contributed by atoms with Gasteiger partial charge in [0.15, 0.2) is 0 Å². The molecular weight excluding hydrogens is 432 g/mol. The monoisotopic (exact) mass is 462 g/mol. The number of fused-ring (bicyclic) bond motifs is 2. The van der Waals surface area contributed by atoms with Crippen LogP contribution in [0, 0.1) is 5.92 Å². The van der Waals surface area contributed by atoms with Gasteiger partial charge >= 0.3 is 0 Å². The lowest BCUT2D eigenvalue weighted by Gasteiger charge is -2.31. The molecule has 1 atom stereocenters. The molecule has 1 aliphatic carbocycles. The molecule has 1 aromatic heterocycles. The van der Waals surface area contributed by atoms with Crippen molar-refractivity contribution in [3.05, 3.63) is 53.9 Å². The molecule has 3 amide bonds. The molecule has 8 nitrogen and oxygen atoms in total. The van der Waals surface area contributed by atoms with E-state index < -0.39 is 11.5 Å². The second-order valence-corrected chi connectivity index (χ2v) is 9.48. The molecule has 0 bridgehead atoms. The summed E-state index contributed by atoms with van der Waals surface area (Å²) >= 11 is 0. The van der Waals surface area contributed by atoms with E-state index in [4.69, 9.17) is 4.74 Å². The summed E-state index contributed by atoms with van der Waals surface area (Å²) in [6.07, 6.45) is 9.50. The topological polar surface area (TPSA) is 109 Å². The van der Waals surface area contributed by atoms with E-state index in [0.717, 1.165) is 43.4 Å². The highest BCUT2D eigenvalue weighted by Crippen LogP contribution is 2.45. The Kier molecular flexibility index (Phi) is 6.32. The minimum atomic E-state index is -0.634. The van der Waals surface area contributed by atoms with Crippen LogP contribution in [0.5, 0.6) is 0 Å². The van der Waals surface area contributed by atoms with Crippen molar-refractivity contribution in [2.24, 2.45) is 5.92 Å². The van der Waals surface area contributed by atoms with Gasteiger partial charge in [-0.2, -0.15) is 0 Å². The van der Waals surface area contributed by atoms with E-state index in [-0.39, 0.29) is 23.6 Å². The fraction of sp³-hybridized carbons (Fsp3) is 0.462. The molecule has 1 saturated heterocycles. The number of amides is 3. The molecule has 3 N–H and O–H groups in total. The fourth-order valence-corrected chi connectivity index (χ4v) is 5.54. The standard InChI is InChI=1S/C26H30N4O4/c31-23(18-8-12-27-13-9-18)30-22(17-4-2-1-3-5-17)24(32)28-19-6-7-20-21(16-19)29-25(33)26(20)10-14-34-15-11-26/h6-9,12-13,16-17,22H,1-5,10-11,14-15H2,(H,28,32)(H,29,33)(H,30,31). The first-order valence-corrected chi connectivity index (χ1v) is 12.1. The van der Waals surface area contributed by atoms with Crippen LogP contribution in [0.25, 0.3) is 0 Å². The molecule has 1 saturated carbocycles. The molecule has 3 aliphatic rings. The second kappa shape index (κ2) is 9.54. The van der Waals surface area contributed by atoms with E-state index in [1.807, 2.05) is 18.2 Å². The minimum Gasteiger partial charge on any atom is -0.381 e. The summed E-state index contributed by atoms with van der Waals surface area (Å²) in [6, 6.07) is 8.24. The van der Waals surface area contributed by atoms with E-state index in [0.29, 0.717) is 37.3 Å². The van der Waals surface area contributed by atoms with E-state index >= 15 is 0 Å². The number of rotatable bonds is 5. The van der Waals surface area contributed by atoms with Gasteiger partial charge in [-0.05, 0) is 61.4 Å². The van der Waals surface area contributed by atoms with Crippen LogP contribution in [0.1, 0.15) is 60.9 Å². The van der Waals surface area contributed by atoms with Gasteiger partial charge in [-0.3, -0.25) is 19.4 Å². The summed E-state index contributed by atoms with van der Waals surface area (Å²) in [7, 11) is 0. The largest absolute Gasteiger partial charge is 0.381 e. The van der Waals surface area contributed by atoms with Crippen LogP contribution in [0.4, 0.5) is 11.4 Å². The first kappa shape index (κ1) is 22.5. The maximum Gasteiger partial charge on any atom is 0.252 e. The Morgan fingerprint density at radius 1 is 1.06 bits per heavy atom. The van der Waals surface area contributed by atoms with Crippen LogP contribution in [0.3, 0.4) is 0 Å². The van der Waals surface area contributed by atoms with Gasteiger partial charge in [0.2, 0.25) is 11.8 Å². The normalized spacial score (nSPS) is 20.3. The quantitative estimate of drug-likeness (QED) is 0.631. The van der Waals surface area contributed by atoms with Crippen molar-refractivity contribution in [2.75, 3.05) is 23.8 Å². The second-order valence-electron chi connectivity index (χ2n) is 9.48. The smallest absolute Gasteiger partial charge is 0.252 e. The molecule has 2 aromatic rings. The highest BCUT2D eigenvalue weighted by Gasteiger charge is 2.47. The Morgan fingerprint density at radius 2 is 1.79 bits per heavy atom. The number of ether oxygens (including phenoxy) is 1. The third-order valence-electron chi connectivity index (χ3n) is 7.46. The van der Waals surface area contributed by atoms with Crippen LogP contribution >= 0.6 is 0 Å². The third kappa shape index (κ3) is 4.30. The van der Waals surface area contributed by atoms with E-state index in [9.17, 15) is 14.4 Å². The highest BCUT2D eigenvalue weighted by atomic mass is 16.5. The predicted octanol–water partition coefficient (Wildman–Crippen LogP) is 3.40. The lowest BCUT2D eigenvalue weighted by Crippen LogP contribution is -2.49. The summed E-state index contributed by atoms with van der Waals surface area (Å²) in [5.74, 6) is -0.437. The van der Waals surface area contributed by atoms with Crippen molar-refractivity contribution in [2.45, 2.75) is 56.4 Å². The summed E-state index contributed by atoms with van der Waals surface area (Å²) in [6.45, 7) is 1.12. The summed E-state index contributed by atoms with van der Waals surface area (Å²) in [5, 5.41) is 8.95. The van der Waals surface area contributed by atoms with Crippen molar-refractivity contribution in [1.29, 1.82) is 0 Å². The Hall–Kier alpha value is -3.26. The fourth-order valence-electron chi connectivity index (χ4n) is 5.54. The number of carbonyl (C=O) groups is 3. The number of anilines is 2. The first-order valence-electron chi connectivity index (χ1n) is 12.1. The SMILES string of the molecule is O=C(NC(C(=O)Nc1ccc2c(c1)NC(=O)C21CCOCC1)C1CCCCC1)c1ccncc1. The molecular formula is C26H30N4O4. The van der Waals surface area contributed by atoms with Crippen LogP contribution in [0.15, 0.2) is 42.7 Å². The average Bonchev–Trinajstić information content (AvgIpc) is 3.13. The zero-order chi connectivity index (χ0) is 23.5. The Labute approximate surface area is 198 Å². The summed E-state index contributed by atoms with van der Waals surface area (Å²) in [5.41, 5.74) is 2.24. The zero-order valence-corrected chi connectivity index (χ0v) is 19.1. The lowest BCUT2D eigenvalue weighted by molar-refractivity contribution is -0.124. The maximum absolute atomic E-state index is 13.4. The van der Waals surface area contributed by atoms with Crippen molar-refractivity contribution in [3.63, 3.8) is 0 Å². The Bertz CT molecular complexity index is 1080. The van der Waals surface area contributed by atoms with Gasteiger partial charge in [-0.1, -0.05) is 25.3 Å². The number of hydrogen-bond donors (Lipinski definition) is 3. The van der Waals surface area contributed by atoms with E-state index in [2.05, 4.69) is 20.9 Å². The van der Waals surface area contributed by atoms with Gasteiger partial charge in [0.25, 0.3) is 5.91 Å². The Morgan fingerprint density at radius 3 is 2.53 bits per heavy atom. The molecule has 34 heavy (non-hydrogen) atoms. The van der Waals surface area contributed by atoms with Gasteiger partial charge < -0.3 is 20.7 Å². The molecule has 178 valence electrons. The molecule has 2 fully saturated rings. The van der Waals surface area contributed by atoms with Gasteiger partial charge in [0, 0.05) is 42.5 Å². The van der Waals surface area contributed by atoms with Crippen LogP contribution in [-0.2, 0) is 19.7 Å². The zero-order valence-electron chi connectivity index (χ0n) is 19.1. The molecule has 8 heteroatoms. The summed E-state index contributed by atoms with van der Waals surface area (Å²) < 4.78 is 5.47. The lowest BCUT2D eigenvalue weighted by atomic mass is 9.75. The predicted molar refractivity (Wildman–Crippen MR) is 127 cm³/mol. The van der Waals surface area contributed by atoms with Crippen LogP contribution < -0.4 is 16.0 Å². The molecule has 1 unspecified atom stereocenters. The van der Waals surface area contributed by atoms with Crippen molar-refractivity contribution in [3.8, 4) is 0 Å². The molecule has 3 heterocycles. The van der Waals surface area contributed by atoms with Crippen LogP contribution in [0.2, 0.25) is 0 Å². The number of pyridine rings is 1. The van der Waals surface area contributed by atoms with Gasteiger partial charge in [0.05, 0.1) is 5.41 Å². The third-order valence-corrected chi connectivity index (χ3v) is 7.46. The molecule has 5 rings (SSSR count). The van der Waals surface area contributed by atoms with Gasteiger partial charge in [-0.15, -0.1) is 0 Å². The van der Waals surface area contributed by atoms with Crippen molar-refractivity contribution >= 4 is 29.1 Å². The number of nitrogens with one attached hydrogen (secondary N) is 3. The van der Waals surface area contributed by atoms with Crippen molar-refractivity contribution < 1.29 is 19.1 Å². The number of hydrogen-bond acceptors (Lipinski definition) is 5. The van der Waals surface area contributed by atoms with E-state index in [1.54, 1.807) is 24.5 Å². The average molecular weight is 463 g/mol. The number of nitrogens with zero attached hydrogens (tertiary/aromatic N) is 1. The first-order chi connectivity index (χ1) is 16.6. The van der Waals surface area contributed by atoms with E-state index in [1.165, 1.54) is 0 Å². The molecule has 1 aromatic carbocycles. The molecule has 1 spiro atoms. The Balaban J connectivity index is 1.34. The summed E-state index contributed by atoms with van der Waals surface area (Å²) in [4.78, 5) is 43.0. The number of benzene rings is 1. The minimum absolute atomic E-state index is 0.000951. The molecule has 0 radical (unpaired) electrons. The van der Waals surface area contributed by atoms with Gasteiger partial charge in [-0.25, -0.2) is 0 Å². The molecule has 2 aliphatic heterocycles. The van der Waals surface area contributed by atoms with Crippen molar-refractivity contribution in [1.82, 2.24) is 10.3 Å². The number of aromatic nitrogens is 1. The van der Waals surface area contributed by atoms with Crippen LogP contribution in [-0.4, -0.2) is 42.0 Å². The van der Waals surface area contributed by atoms with Gasteiger partial charge in [0.1, 0.15) is 6.04 Å².